The third-order valence-corrected chi connectivity index (χ3v) is 15.1. The van der Waals surface area contributed by atoms with E-state index in [1.54, 1.807) is 24.3 Å². The van der Waals surface area contributed by atoms with E-state index in [0.29, 0.717) is 38.4 Å². The van der Waals surface area contributed by atoms with Crippen LogP contribution in [0, 0.1) is 19.8 Å². The molecule has 3 aromatic rings. The lowest BCUT2D eigenvalue weighted by Gasteiger charge is -2.30. The average molecular weight is 885 g/mol. The molecule has 0 spiro atoms. The molecular formula is C45H60N2O10S3. The summed E-state index contributed by atoms with van der Waals surface area (Å²) in [6, 6.07) is 18.0. The van der Waals surface area contributed by atoms with Crippen LogP contribution in [0.15, 0.2) is 82.6 Å². The number of nitrogens with zero attached hydrogens (tertiary/aromatic N) is 1. The van der Waals surface area contributed by atoms with E-state index in [-0.39, 0.29) is 50.3 Å². The minimum Gasteiger partial charge on any atom is -0.375 e. The average Bonchev–Trinajstić information content (AvgIpc) is 3.45. The van der Waals surface area contributed by atoms with Crippen molar-refractivity contribution < 1.29 is 45.5 Å². The van der Waals surface area contributed by atoms with E-state index in [9.17, 15) is 36.0 Å². The number of nitrogens with one attached hydrogen (secondary N) is 1. The van der Waals surface area contributed by atoms with Crippen molar-refractivity contribution in [3.8, 4) is 0 Å². The third-order valence-electron chi connectivity index (χ3n) is 10.3. The van der Waals surface area contributed by atoms with Crippen LogP contribution in [0.5, 0.6) is 0 Å². The highest BCUT2D eigenvalue weighted by Gasteiger charge is 2.44. The van der Waals surface area contributed by atoms with Crippen molar-refractivity contribution in [3.05, 3.63) is 95.1 Å². The normalized spacial score (nSPS) is 15.5. The number of likely N-dealkylation sites (tertiary alicyclic amines) is 1. The smallest absolute Gasteiger partial charge is 0.251 e. The Labute approximate surface area is 360 Å². The van der Waals surface area contributed by atoms with Crippen LogP contribution in [0.3, 0.4) is 0 Å². The second kappa shape index (κ2) is 19.9. The molecule has 328 valence electrons. The van der Waals surface area contributed by atoms with Gasteiger partial charge in [-0.2, -0.15) is 0 Å². The van der Waals surface area contributed by atoms with Crippen molar-refractivity contribution >= 4 is 54.9 Å². The number of ether oxygens (including phenoxy) is 2. The summed E-state index contributed by atoms with van der Waals surface area (Å²) in [5, 5.41) is 2.49. The maximum atomic E-state index is 13.9. The Kier molecular flexibility index (Phi) is 16.2. The largest absolute Gasteiger partial charge is 0.375 e. The molecule has 1 atom stereocenters. The zero-order valence-corrected chi connectivity index (χ0v) is 38.7. The molecule has 15 heteroatoms. The number of rotatable bonds is 21. The highest BCUT2D eigenvalue weighted by Crippen LogP contribution is 2.31. The van der Waals surface area contributed by atoms with Crippen molar-refractivity contribution in [2.75, 3.05) is 37.0 Å². The lowest BCUT2D eigenvalue weighted by molar-refractivity contribution is -0.143. The van der Waals surface area contributed by atoms with Crippen molar-refractivity contribution in [3.63, 3.8) is 0 Å². The molecule has 0 saturated carbocycles. The lowest BCUT2D eigenvalue weighted by atomic mass is 9.99. The number of hydrogen-bond acceptors (Lipinski definition) is 11. The minimum atomic E-state index is -4.05. The molecule has 4 rings (SSSR count). The molecule has 60 heavy (non-hydrogen) atoms. The van der Waals surface area contributed by atoms with Crippen LogP contribution in [-0.4, -0.2) is 104 Å². The summed E-state index contributed by atoms with van der Waals surface area (Å²) in [4.78, 5) is 53.4. The third kappa shape index (κ3) is 13.8. The van der Waals surface area contributed by atoms with Gasteiger partial charge >= 0.3 is 0 Å². The van der Waals surface area contributed by atoms with E-state index in [2.05, 4.69) is 5.32 Å². The maximum absolute atomic E-state index is 13.9. The molecule has 0 aliphatic carbocycles. The lowest BCUT2D eigenvalue weighted by Crippen LogP contribution is -2.45. The highest BCUT2D eigenvalue weighted by atomic mass is 32.2. The van der Waals surface area contributed by atoms with Gasteiger partial charge in [0.05, 0.1) is 56.9 Å². The Morgan fingerprint density at radius 3 is 1.67 bits per heavy atom. The summed E-state index contributed by atoms with van der Waals surface area (Å²) in [6.07, 6.45) is 1.31. The second-order valence-corrected chi connectivity index (χ2v) is 23.0. The molecule has 0 bridgehead atoms. The van der Waals surface area contributed by atoms with Crippen molar-refractivity contribution in [1.82, 2.24) is 10.2 Å². The Morgan fingerprint density at radius 1 is 0.717 bits per heavy atom. The minimum absolute atomic E-state index is 0.00806. The van der Waals surface area contributed by atoms with Crippen LogP contribution < -0.4 is 5.32 Å². The summed E-state index contributed by atoms with van der Waals surface area (Å²) in [6.45, 7) is 18.1. The number of Topliss-reactive ketones (excluding diaryl/α,β-unsaturated/α-hetero) is 1. The molecule has 0 radical (unpaired) electrons. The molecule has 1 heterocycles. The van der Waals surface area contributed by atoms with Gasteiger partial charge in [-0.3, -0.25) is 24.1 Å². The zero-order valence-electron chi connectivity index (χ0n) is 36.2. The van der Waals surface area contributed by atoms with E-state index < -0.39 is 59.6 Å². The summed E-state index contributed by atoms with van der Waals surface area (Å²) >= 11 is 1.44. The Bertz CT molecular complexity index is 2130. The van der Waals surface area contributed by atoms with Gasteiger partial charge in [0.2, 0.25) is 11.8 Å². The topological polar surface area (TPSA) is 170 Å². The van der Waals surface area contributed by atoms with Crippen LogP contribution in [0.2, 0.25) is 0 Å². The molecule has 1 N–H and O–H groups in total. The molecule has 0 aromatic heterocycles. The molecule has 1 unspecified atom stereocenters. The van der Waals surface area contributed by atoms with Crippen molar-refractivity contribution in [2.45, 2.75) is 113 Å². The standard InChI is InChI=1S/C45H60N2O10S3/c1-31-10-18-36(19-11-31)59(52,53)29-35(30-60(54,55)37-20-12-32(2)13-21-37)40(49)33-14-16-34(17-15-33)41(50)46-24-22-44(6,7)56-25-23-45(8,9)57-26-27-58-38-28-39(48)47(42(38)51)43(3,4)5/h10-21,35,38H,22-30H2,1-9H3,(H,46,50). The summed E-state index contributed by atoms with van der Waals surface area (Å²) in [5.74, 6) is -3.59. The number of benzene rings is 3. The molecule has 1 aliphatic rings. The number of carbonyl (C=O) groups excluding carboxylic acids is 4. The van der Waals surface area contributed by atoms with Gasteiger partial charge in [0, 0.05) is 35.4 Å². The molecule has 1 fully saturated rings. The number of imide groups is 1. The Hall–Kier alpha value is -3.89. The molecule has 12 nitrogen and oxygen atoms in total. The first-order chi connectivity index (χ1) is 27.8. The number of ketones is 1. The number of sulfone groups is 2. The number of carbonyl (C=O) groups is 4. The monoisotopic (exact) mass is 884 g/mol. The van der Waals surface area contributed by atoms with Crippen molar-refractivity contribution in [1.29, 1.82) is 0 Å². The van der Waals surface area contributed by atoms with Gasteiger partial charge in [-0.15, -0.1) is 11.8 Å². The van der Waals surface area contributed by atoms with E-state index in [1.165, 1.54) is 65.2 Å². The van der Waals surface area contributed by atoms with Crippen LogP contribution in [0.4, 0.5) is 0 Å². The number of amides is 3. The van der Waals surface area contributed by atoms with E-state index in [0.717, 1.165) is 11.1 Å². The second-order valence-electron chi connectivity index (χ2n) is 17.6. The molecule has 1 aliphatic heterocycles. The number of hydrogen-bond donors (Lipinski definition) is 1. The van der Waals surface area contributed by atoms with E-state index >= 15 is 0 Å². The quantitative estimate of drug-likeness (QED) is 0.0678. The SMILES string of the molecule is Cc1ccc(S(=O)(=O)CC(CS(=O)(=O)c2ccc(C)cc2)C(=O)c2ccc(C(=O)NCCC(C)(C)OCCC(C)(C)OCCSC3CC(=O)N(C(C)(C)C)C3=O)cc2)cc1. The fourth-order valence-corrected chi connectivity index (χ4v) is 10.9. The van der Waals surface area contributed by atoms with Crippen LogP contribution in [-0.2, 0) is 38.7 Å². The first kappa shape index (κ1) is 48.8. The van der Waals surface area contributed by atoms with Gasteiger partial charge in [0.25, 0.3) is 5.91 Å². The van der Waals surface area contributed by atoms with Crippen LogP contribution in [0.25, 0.3) is 0 Å². The fraction of sp³-hybridized carbons (Fsp3) is 0.511. The van der Waals surface area contributed by atoms with Gasteiger partial charge in [-0.25, -0.2) is 16.8 Å². The summed E-state index contributed by atoms with van der Waals surface area (Å²) in [7, 11) is -8.10. The van der Waals surface area contributed by atoms with Crippen molar-refractivity contribution in [2.24, 2.45) is 5.92 Å². The Balaban J connectivity index is 1.27. The highest BCUT2D eigenvalue weighted by molar-refractivity contribution is 8.00. The van der Waals surface area contributed by atoms with Gasteiger partial charge < -0.3 is 14.8 Å². The summed E-state index contributed by atoms with van der Waals surface area (Å²) < 4.78 is 66.2. The van der Waals surface area contributed by atoms with E-state index in [1.807, 2.05) is 62.3 Å². The van der Waals surface area contributed by atoms with Crippen LogP contribution >= 0.6 is 11.8 Å². The van der Waals surface area contributed by atoms with Gasteiger partial charge in [-0.05, 0) is 112 Å². The summed E-state index contributed by atoms with van der Waals surface area (Å²) in [5.41, 5.74) is 0.456. The number of aryl methyl sites for hydroxylation is 2. The molecule has 1 saturated heterocycles. The zero-order chi connectivity index (χ0) is 44.7. The maximum Gasteiger partial charge on any atom is 0.251 e. The predicted molar refractivity (Wildman–Crippen MR) is 235 cm³/mol. The first-order valence-corrected chi connectivity index (χ1v) is 24.4. The Morgan fingerprint density at radius 2 is 1.18 bits per heavy atom. The number of thioether (sulfide) groups is 1. The first-order valence-electron chi connectivity index (χ1n) is 20.1. The van der Waals surface area contributed by atoms with Gasteiger partial charge in [-0.1, -0.05) is 47.5 Å². The molecular weight excluding hydrogens is 825 g/mol. The molecule has 3 aromatic carbocycles. The van der Waals surface area contributed by atoms with Crippen LogP contribution in [0.1, 0.15) is 99.6 Å². The fourth-order valence-electron chi connectivity index (χ4n) is 6.68. The molecule has 3 amide bonds. The predicted octanol–water partition coefficient (Wildman–Crippen LogP) is 6.81. The van der Waals surface area contributed by atoms with Gasteiger partial charge in [0.1, 0.15) is 0 Å². The van der Waals surface area contributed by atoms with Gasteiger partial charge in [0.15, 0.2) is 25.5 Å². The van der Waals surface area contributed by atoms with E-state index in [4.69, 9.17) is 9.47 Å².